The van der Waals surface area contributed by atoms with Crippen molar-refractivity contribution in [1.82, 2.24) is 9.97 Å². The Morgan fingerprint density at radius 3 is 2.36 bits per heavy atom. The summed E-state index contributed by atoms with van der Waals surface area (Å²) in [7, 11) is 0. The number of hydrogen-bond acceptors (Lipinski definition) is 3. The second kappa shape index (κ2) is 11.4. The van der Waals surface area contributed by atoms with E-state index in [0.29, 0.717) is 0 Å². The van der Waals surface area contributed by atoms with Crippen molar-refractivity contribution >= 4 is 0 Å². The summed E-state index contributed by atoms with van der Waals surface area (Å²) in [4.78, 5) is 9.03. The number of aryl methyl sites for hydroxylation is 1. The van der Waals surface area contributed by atoms with Gasteiger partial charge in [0.2, 0.25) is 0 Å². The van der Waals surface area contributed by atoms with E-state index in [4.69, 9.17) is 4.74 Å². The molecule has 3 nitrogen and oxygen atoms in total. The molecule has 0 spiro atoms. The van der Waals surface area contributed by atoms with E-state index in [1.165, 1.54) is 37.7 Å². The molecule has 2 rings (SSSR count). The first kappa shape index (κ1) is 19.2. The highest BCUT2D eigenvalue weighted by Crippen LogP contribution is 2.19. The number of aromatic nitrogens is 2. The molecule has 3 heteroatoms. The minimum Gasteiger partial charge on any atom is -0.494 e. The van der Waals surface area contributed by atoms with Crippen LogP contribution in [0.4, 0.5) is 0 Å². The Hall–Kier alpha value is -2.16. The average molecular weight is 338 g/mol. The molecule has 0 aliphatic carbocycles. The maximum atomic E-state index is 5.70. The second-order valence-electron chi connectivity index (χ2n) is 6.38. The molecule has 1 heterocycles. The zero-order valence-corrected chi connectivity index (χ0v) is 15.4. The van der Waals surface area contributed by atoms with E-state index in [-0.39, 0.29) is 0 Å². The lowest BCUT2D eigenvalue weighted by Crippen LogP contribution is -1.97. The summed E-state index contributed by atoms with van der Waals surface area (Å²) in [5, 5.41) is 0. The van der Waals surface area contributed by atoms with Gasteiger partial charge >= 0.3 is 0 Å². The summed E-state index contributed by atoms with van der Waals surface area (Å²) in [5.41, 5.74) is 2.25. The summed E-state index contributed by atoms with van der Waals surface area (Å²) in [6.07, 6.45) is 15.4. The number of benzene rings is 1. The lowest BCUT2D eigenvalue weighted by atomic mass is 10.1. The third-order valence-corrected chi connectivity index (χ3v) is 4.21. The van der Waals surface area contributed by atoms with Gasteiger partial charge in [-0.05, 0) is 55.5 Å². The third kappa shape index (κ3) is 7.08. The van der Waals surface area contributed by atoms with Crippen LogP contribution >= 0.6 is 0 Å². The maximum absolute atomic E-state index is 5.70. The highest BCUT2D eigenvalue weighted by Gasteiger charge is 2.03. The third-order valence-electron chi connectivity index (χ3n) is 4.21. The molecule has 0 aliphatic heterocycles. The lowest BCUT2D eigenvalue weighted by Gasteiger charge is -2.07. The number of unbranched alkanes of at least 4 members (excludes halogenated alkanes) is 5. The van der Waals surface area contributed by atoms with Crippen LogP contribution in [0.15, 0.2) is 49.3 Å². The van der Waals surface area contributed by atoms with Gasteiger partial charge in [-0.2, -0.15) is 0 Å². The second-order valence-corrected chi connectivity index (χ2v) is 6.38. The van der Waals surface area contributed by atoms with E-state index in [9.17, 15) is 0 Å². The lowest BCUT2D eigenvalue weighted by molar-refractivity contribution is 0.312. The van der Waals surface area contributed by atoms with Crippen molar-refractivity contribution in [2.75, 3.05) is 6.61 Å². The van der Waals surface area contributed by atoms with Gasteiger partial charge in [0, 0.05) is 18.0 Å². The largest absolute Gasteiger partial charge is 0.494 e. The highest BCUT2D eigenvalue weighted by atomic mass is 16.5. The minimum absolute atomic E-state index is 0.717. The number of ether oxygens (including phenoxy) is 1. The predicted molar refractivity (Wildman–Crippen MR) is 105 cm³/mol. The van der Waals surface area contributed by atoms with Gasteiger partial charge in [-0.15, -0.1) is 6.58 Å². The Bertz CT molecular complexity index is 605. The summed E-state index contributed by atoms with van der Waals surface area (Å²) in [5.74, 6) is 1.66. The maximum Gasteiger partial charge on any atom is 0.159 e. The fraction of sp³-hybridized carbons (Fsp3) is 0.455. The standard InChI is InChI=1S/C22H30N2O/c1-3-5-7-8-9-11-19-17-23-22(24-18-19)20-12-14-21(15-13-20)25-16-10-6-4-2/h4,12-15,17-18H,2-3,5-11,16H2,1H3. The van der Waals surface area contributed by atoms with Crippen molar-refractivity contribution in [3.05, 3.63) is 54.9 Å². The first-order valence-electron chi connectivity index (χ1n) is 9.48. The predicted octanol–water partition coefficient (Wildman–Crippen LogP) is 6.00. The van der Waals surface area contributed by atoms with E-state index in [1.807, 2.05) is 42.7 Å². The van der Waals surface area contributed by atoms with Gasteiger partial charge in [0.05, 0.1) is 6.61 Å². The molecule has 0 bridgehead atoms. The number of nitrogens with zero attached hydrogens (tertiary/aromatic N) is 2. The van der Waals surface area contributed by atoms with Crippen molar-refractivity contribution in [1.29, 1.82) is 0 Å². The van der Waals surface area contributed by atoms with E-state index in [1.54, 1.807) is 0 Å². The van der Waals surface area contributed by atoms with Gasteiger partial charge in [-0.3, -0.25) is 0 Å². The van der Waals surface area contributed by atoms with Crippen molar-refractivity contribution in [2.45, 2.75) is 58.3 Å². The van der Waals surface area contributed by atoms with Gasteiger partial charge in [0.25, 0.3) is 0 Å². The van der Waals surface area contributed by atoms with Gasteiger partial charge in [0.1, 0.15) is 5.75 Å². The molecule has 0 amide bonds. The van der Waals surface area contributed by atoms with Gasteiger partial charge in [0.15, 0.2) is 5.82 Å². The molecule has 0 atom stereocenters. The van der Waals surface area contributed by atoms with Gasteiger partial charge in [-0.1, -0.05) is 38.7 Å². The Balaban J connectivity index is 1.81. The number of hydrogen-bond donors (Lipinski definition) is 0. The van der Waals surface area contributed by atoms with Crippen molar-refractivity contribution in [3.8, 4) is 17.1 Å². The first-order chi connectivity index (χ1) is 12.3. The summed E-state index contributed by atoms with van der Waals surface area (Å²) >= 11 is 0. The average Bonchev–Trinajstić information content (AvgIpc) is 2.66. The van der Waals surface area contributed by atoms with Crippen LogP contribution in [0.25, 0.3) is 11.4 Å². The molecule has 0 aliphatic rings. The molecular weight excluding hydrogens is 308 g/mol. The van der Waals surface area contributed by atoms with Crippen LogP contribution in [0.1, 0.15) is 57.4 Å². The zero-order valence-electron chi connectivity index (χ0n) is 15.4. The molecular formula is C22H30N2O. The highest BCUT2D eigenvalue weighted by molar-refractivity contribution is 5.55. The fourth-order valence-electron chi connectivity index (χ4n) is 2.68. The van der Waals surface area contributed by atoms with Crippen LogP contribution in [-0.2, 0) is 6.42 Å². The molecule has 25 heavy (non-hydrogen) atoms. The number of allylic oxidation sites excluding steroid dienone is 1. The quantitative estimate of drug-likeness (QED) is 0.351. The van der Waals surface area contributed by atoms with E-state index in [0.717, 1.165) is 43.0 Å². The van der Waals surface area contributed by atoms with Gasteiger partial charge in [-0.25, -0.2) is 9.97 Å². The molecule has 0 fully saturated rings. The van der Waals surface area contributed by atoms with E-state index >= 15 is 0 Å². The van der Waals surface area contributed by atoms with Gasteiger partial charge < -0.3 is 4.74 Å². The normalized spacial score (nSPS) is 10.6. The summed E-state index contributed by atoms with van der Waals surface area (Å²) in [6, 6.07) is 7.99. The Kier molecular flexibility index (Phi) is 8.74. The monoisotopic (exact) mass is 338 g/mol. The van der Waals surface area contributed by atoms with E-state index in [2.05, 4.69) is 23.5 Å². The molecule has 0 unspecified atom stereocenters. The van der Waals surface area contributed by atoms with Crippen LogP contribution in [0.5, 0.6) is 5.75 Å². The summed E-state index contributed by atoms with van der Waals surface area (Å²) in [6.45, 7) is 6.68. The summed E-state index contributed by atoms with van der Waals surface area (Å²) < 4.78 is 5.70. The Morgan fingerprint density at radius 2 is 1.68 bits per heavy atom. The van der Waals surface area contributed by atoms with Crippen LogP contribution in [0.2, 0.25) is 0 Å². The zero-order chi connectivity index (χ0) is 17.7. The first-order valence-corrected chi connectivity index (χ1v) is 9.48. The molecule has 1 aromatic heterocycles. The van der Waals surface area contributed by atoms with Crippen molar-refractivity contribution in [3.63, 3.8) is 0 Å². The SMILES string of the molecule is C=CCCCOc1ccc(-c2ncc(CCCCCCC)cn2)cc1. The smallest absolute Gasteiger partial charge is 0.159 e. The van der Waals surface area contributed by atoms with Crippen molar-refractivity contribution in [2.24, 2.45) is 0 Å². The Labute approximate surface area is 152 Å². The van der Waals surface area contributed by atoms with Crippen LogP contribution in [-0.4, -0.2) is 16.6 Å². The number of rotatable bonds is 12. The fourth-order valence-corrected chi connectivity index (χ4v) is 2.68. The molecule has 1 aromatic carbocycles. The molecule has 134 valence electrons. The van der Waals surface area contributed by atoms with Crippen LogP contribution in [0, 0.1) is 0 Å². The molecule has 0 radical (unpaired) electrons. The minimum atomic E-state index is 0.717. The molecule has 2 aromatic rings. The molecule has 0 N–H and O–H groups in total. The topological polar surface area (TPSA) is 35.0 Å². The van der Waals surface area contributed by atoms with Crippen molar-refractivity contribution < 1.29 is 4.74 Å². The van der Waals surface area contributed by atoms with E-state index < -0.39 is 0 Å². The molecule has 0 saturated heterocycles. The van der Waals surface area contributed by atoms with Crippen LogP contribution < -0.4 is 4.74 Å². The van der Waals surface area contributed by atoms with Crippen LogP contribution in [0.3, 0.4) is 0 Å². The Morgan fingerprint density at radius 1 is 0.960 bits per heavy atom. The molecule has 0 saturated carbocycles.